The van der Waals surface area contributed by atoms with Gasteiger partial charge in [0.05, 0.1) is 0 Å². The Morgan fingerprint density at radius 3 is 2.29 bits per heavy atom. The fourth-order valence-electron chi connectivity index (χ4n) is 2.65. The van der Waals surface area contributed by atoms with Crippen LogP contribution in [0.2, 0.25) is 0 Å². The van der Waals surface area contributed by atoms with Crippen molar-refractivity contribution in [3.8, 4) is 0 Å². The van der Waals surface area contributed by atoms with Gasteiger partial charge in [0.1, 0.15) is 0 Å². The van der Waals surface area contributed by atoms with Crippen LogP contribution in [0.1, 0.15) is 58.9 Å². The number of nitrogens with one attached hydrogen (secondary N) is 1. The van der Waals surface area contributed by atoms with Crippen LogP contribution < -0.4 is 10.2 Å². The van der Waals surface area contributed by atoms with E-state index < -0.39 is 0 Å². The van der Waals surface area contributed by atoms with Crippen molar-refractivity contribution in [1.82, 2.24) is 15.3 Å². The van der Waals surface area contributed by atoms with Crippen LogP contribution in [0.15, 0.2) is 12.4 Å². The van der Waals surface area contributed by atoms with E-state index in [-0.39, 0.29) is 0 Å². The molecule has 4 nitrogen and oxygen atoms in total. The van der Waals surface area contributed by atoms with Gasteiger partial charge < -0.3 is 10.2 Å². The number of aromatic nitrogens is 2. The third kappa shape index (κ3) is 4.95. The van der Waals surface area contributed by atoms with Crippen molar-refractivity contribution in [1.29, 1.82) is 0 Å². The van der Waals surface area contributed by atoms with Crippen LogP contribution in [-0.4, -0.2) is 28.6 Å². The standard InChI is InChI=1S/C17H30N4/c1-5-16(6-2)21(12-13(3)4)17-19-10-14(11-20-17)9-18-15-7-8-15/h10-11,13,15-16,18H,5-9,12H2,1-4H3. The highest BCUT2D eigenvalue weighted by atomic mass is 15.3. The first-order valence-electron chi connectivity index (χ1n) is 8.44. The molecule has 1 aromatic rings. The highest BCUT2D eigenvalue weighted by molar-refractivity contribution is 5.32. The second-order valence-corrected chi connectivity index (χ2v) is 6.56. The summed E-state index contributed by atoms with van der Waals surface area (Å²) in [5.74, 6) is 1.50. The Hall–Kier alpha value is -1.16. The summed E-state index contributed by atoms with van der Waals surface area (Å²) in [5, 5.41) is 3.51. The maximum Gasteiger partial charge on any atom is 0.225 e. The lowest BCUT2D eigenvalue weighted by Crippen LogP contribution is -2.38. The van der Waals surface area contributed by atoms with Gasteiger partial charge in [-0.05, 0) is 31.6 Å². The predicted octanol–water partition coefficient (Wildman–Crippen LogP) is 3.38. The second-order valence-electron chi connectivity index (χ2n) is 6.56. The molecular formula is C17H30N4. The summed E-state index contributed by atoms with van der Waals surface area (Å²) < 4.78 is 0. The number of anilines is 1. The van der Waals surface area contributed by atoms with Gasteiger partial charge in [0, 0.05) is 43.1 Å². The zero-order valence-electron chi connectivity index (χ0n) is 14.0. The minimum absolute atomic E-state index is 0.530. The molecule has 0 atom stereocenters. The SMILES string of the molecule is CCC(CC)N(CC(C)C)c1ncc(CNC2CC2)cn1. The maximum atomic E-state index is 4.62. The first-order chi connectivity index (χ1) is 10.1. The van der Waals surface area contributed by atoms with Crippen molar-refractivity contribution in [3.05, 3.63) is 18.0 Å². The van der Waals surface area contributed by atoms with E-state index in [0.717, 1.165) is 37.9 Å². The summed E-state index contributed by atoms with van der Waals surface area (Å²) in [4.78, 5) is 11.6. The van der Waals surface area contributed by atoms with Crippen molar-refractivity contribution >= 4 is 5.95 Å². The van der Waals surface area contributed by atoms with Crippen LogP contribution in [0.3, 0.4) is 0 Å². The first-order valence-corrected chi connectivity index (χ1v) is 8.44. The second kappa shape index (κ2) is 7.74. The van der Waals surface area contributed by atoms with Crippen LogP contribution in [0.5, 0.6) is 0 Å². The van der Waals surface area contributed by atoms with Crippen LogP contribution in [0.4, 0.5) is 5.95 Å². The number of hydrogen-bond acceptors (Lipinski definition) is 4. The molecule has 1 aliphatic rings. The minimum Gasteiger partial charge on any atom is -0.338 e. The molecule has 1 fully saturated rings. The van der Waals surface area contributed by atoms with Gasteiger partial charge in [0.25, 0.3) is 0 Å². The number of hydrogen-bond donors (Lipinski definition) is 1. The van der Waals surface area contributed by atoms with Gasteiger partial charge >= 0.3 is 0 Å². The Kier molecular flexibility index (Phi) is 5.97. The van der Waals surface area contributed by atoms with E-state index in [2.05, 4.69) is 47.9 Å². The Bertz CT molecular complexity index is 407. The van der Waals surface area contributed by atoms with Crippen molar-refractivity contribution < 1.29 is 0 Å². The molecule has 118 valence electrons. The van der Waals surface area contributed by atoms with Gasteiger partial charge in [-0.25, -0.2) is 9.97 Å². The van der Waals surface area contributed by atoms with E-state index in [0.29, 0.717) is 12.0 Å². The minimum atomic E-state index is 0.530. The van der Waals surface area contributed by atoms with Crippen LogP contribution >= 0.6 is 0 Å². The summed E-state index contributed by atoms with van der Waals surface area (Å²) in [6.07, 6.45) is 8.86. The predicted molar refractivity (Wildman–Crippen MR) is 88.4 cm³/mol. The van der Waals surface area contributed by atoms with Gasteiger partial charge in [0.15, 0.2) is 0 Å². The zero-order chi connectivity index (χ0) is 15.2. The number of rotatable bonds is 9. The van der Waals surface area contributed by atoms with Gasteiger partial charge in [-0.3, -0.25) is 0 Å². The normalized spacial score (nSPS) is 15.0. The molecule has 0 unspecified atom stereocenters. The highest BCUT2D eigenvalue weighted by Crippen LogP contribution is 2.20. The molecule has 0 aliphatic heterocycles. The lowest BCUT2D eigenvalue weighted by atomic mass is 10.1. The molecule has 21 heavy (non-hydrogen) atoms. The molecule has 1 saturated carbocycles. The van der Waals surface area contributed by atoms with E-state index >= 15 is 0 Å². The van der Waals surface area contributed by atoms with Crippen molar-refractivity contribution in [2.24, 2.45) is 5.92 Å². The largest absolute Gasteiger partial charge is 0.338 e. The molecule has 0 radical (unpaired) electrons. The molecular weight excluding hydrogens is 260 g/mol. The molecule has 4 heteroatoms. The molecule has 1 aliphatic carbocycles. The molecule has 1 N–H and O–H groups in total. The van der Waals surface area contributed by atoms with Gasteiger partial charge in [0.2, 0.25) is 5.95 Å². The first kappa shape index (κ1) is 16.2. The van der Waals surface area contributed by atoms with Gasteiger partial charge in [-0.2, -0.15) is 0 Å². The van der Waals surface area contributed by atoms with Crippen molar-refractivity contribution in [2.45, 2.75) is 72.0 Å². The molecule has 0 aromatic carbocycles. The zero-order valence-corrected chi connectivity index (χ0v) is 14.0. The van der Waals surface area contributed by atoms with Crippen LogP contribution in [-0.2, 0) is 6.54 Å². The summed E-state index contributed by atoms with van der Waals surface area (Å²) >= 11 is 0. The monoisotopic (exact) mass is 290 g/mol. The lowest BCUT2D eigenvalue weighted by Gasteiger charge is -2.32. The summed E-state index contributed by atoms with van der Waals surface area (Å²) in [6.45, 7) is 10.9. The summed E-state index contributed by atoms with van der Waals surface area (Å²) in [5.41, 5.74) is 1.18. The maximum absolute atomic E-state index is 4.62. The van der Waals surface area contributed by atoms with Gasteiger partial charge in [-0.15, -0.1) is 0 Å². The molecule has 0 amide bonds. The third-order valence-corrected chi connectivity index (χ3v) is 4.07. The smallest absolute Gasteiger partial charge is 0.225 e. The summed E-state index contributed by atoms with van der Waals surface area (Å²) in [7, 11) is 0. The molecule has 0 bridgehead atoms. The van der Waals surface area contributed by atoms with Crippen molar-refractivity contribution in [3.63, 3.8) is 0 Å². The van der Waals surface area contributed by atoms with E-state index in [1.807, 2.05) is 12.4 Å². The van der Waals surface area contributed by atoms with E-state index in [4.69, 9.17) is 0 Å². The molecule has 0 spiro atoms. The fraction of sp³-hybridized carbons (Fsp3) is 0.765. The topological polar surface area (TPSA) is 41.1 Å². The Morgan fingerprint density at radius 1 is 1.19 bits per heavy atom. The van der Waals surface area contributed by atoms with E-state index in [9.17, 15) is 0 Å². The third-order valence-electron chi connectivity index (χ3n) is 4.07. The Morgan fingerprint density at radius 2 is 1.81 bits per heavy atom. The van der Waals surface area contributed by atoms with Crippen LogP contribution in [0, 0.1) is 5.92 Å². The average Bonchev–Trinajstić information content (AvgIpc) is 3.30. The van der Waals surface area contributed by atoms with E-state index in [1.165, 1.54) is 18.4 Å². The lowest BCUT2D eigenvalue weighted by molar-refractivity contribution is 0.498. The molecule has 0 saturated heterocycles. The molecule has 1 heterocycles. The molecule has 2 rings (SSSR count). The summed E-state index contributed by atoms with van der Waals surface area (Å²) in [6, 6.07) is 1.26. The Labute approximate surface area is 129 Å². The number of nitrogens with zero attached hydrogens (tertiary/aromatic N) is 3. The van der Waals surface area contributed by atoms with Crippen molar-refractivity contribution in [2.75, 3.05) is 11.4 Å². The van der Waals surface area contributed by atoms with Crippen LogP contribution in [0.25, 0.3) is 0 Å². The Balaban J connectivity index is 2.03. The quantitative estimate of drug-likeness (QED) is 0.757. The fourth-order valence-corrected chi connectivity index (χ4v) is 2.65. The average molecular weight is 290 g/mol. The highest BCUT2D eigenvalue weighted by Gasteiger charge is 2.21. The van der Waals surface area contributed by atoms with E-state index in [1.54, 1.807) is 0 Å². The molecule has 1 aromatic heterocycles. The van der Waals surface area contributed by atoms with Gasteiger partial charge in [-0.1, -0.05) is 27.7 Å².